The van der Waals surface area contributed by atoms with Crippen LogP contribution in [0.4, 0.5) is 5.69 Å². The molecule has 0 atom stereocenters. The fourth-order valence-corrected chi connectivity index (χ4v) is 2.32. The number of para-hydroxylation sites is 1. The summed E-state index contributed by atoms with van der Waals surface area (Å²) in [7, 11) is 0. The van der Waals surface area contributed by atoms with Crippen LogP contribution in [0.5, 0.6) is 11.5 Å². The lowest BCUT2D eigenvalue weighted by Gasteiger charge is -2.08. The van der Waals surface area contributed by atoms with Crippen molar-refractivity contribution in [2.75, 3.05) is 12.3 Å². The van der Waals surface area contributed by atoms with E-state index in [0.717, 1.165) is 0 Å². The van der Waals surface area contributed by atoms with Gasteiger partial charge in [0.1, 0.15) is 0 Å². The summed E-state index contributed by atoms with van der Waals surface area (Å²) >= 11 is 3.24. The van der Waals surface area contributed by atoms with Gasteiger partial charge in [-0.05, 0) is 52.7 Å². The molecule has 2 rings (SSSR count). The average molecular weight is 378 g/mol. The fraction of sp³-hybridized carbons (Fsp3) is 0.125. The van der Waals surface area contributed by atoms with Crippen LogP contribution in [0.1, 0.15) is 22.8 Å². The Hall–Kier alpha value is -2.54. The van der Waals surface area contributed by atoms with E-state index in [2.05, 4.69) is 26.5 Å². The van der Waals surface area contributed by atoms with Crippen molar-refractivity contribution in [2.24, 2.45) is 5.10 Å². The quantitative estimate of drug-likeness (QED) is 0.423. The minimum absolute atomic E-state index is 0.0186. The molecule has 6 nitrogen and oxygen atoms in total. The lowest BCUT2D eigenvalue weighted by molar-refractivity contribution is 0.0956. The number of nitrogen functional groups attached to an aromatic ring is 1. The summed E-state index contributed by atoms with van der Waals surface area (Å²) in [6.07, 6.45) is 1.45. The van der Waals surface area contributed by atoms with E-state index in [-0.39, 0.29) is 5.75 Å². The summed E-state index contributed by atoms with van der Waals surface area (Å²) in [6.45, 7) is 2.24. The first-order valence-electron chi connectivity index (χ1n) is 6.86. The van der Waals surface area contributed by atoms with Gasteiger partial charge in [-0.25, -0.2) is 5.43 Å². The van der Waals surface area contributed by atoms with Crippen molar-refractivity contribution in [3.05, 3.63) is 52.0 Å². The molecule has 4 N–H and O–H groups in total. The number of benzene rings is 2. The zero-order valence-corrected chi connectivity index (χ0v) is 14.0. The van der Waals surface area contributed by atoms with Gasteiger partial charge in [-0.15, -0.1) is 0 Å². The van der Waals surface area contributed by atoms with Crippen molar-refractivity contribution < 1.29 is 14.6 Å². The van der Waals surface area contributed by atoms with Gasteiger partial charge >= 0.3 is 0 Å². The Morgan fingerprint density at radius 3 is 2.87 bits per heavy atom. The molecule has 0 aliphatic heterocycles. The topological polar surface area (TPSA) is 96.9 Å². The van der Waals surface area contributed by atoms with Crippen molar-refractivity contribution in [1.29, 1.82) is 0 Å². The van der Waals surface area contributed by atoms with E-state index in [4.69, 9.17) is 10.5 Å². The summed E-state index contributed by atoms with van der Waals surface area (Å²) in [5.41, 5.74) is 9.52. The molecule has 2 aromatic rings. The number of ether oxygens (including phenoxy) is 1. The van der Waals surface area contributed by atoms with Gasteiger partial charge in [0.2, 0.25) is 0 Å². The van der Waals surface area contributed by atoms with Crippen molar-refractivity contribution in [3.8, 4) is 11.5 Å². The van der Waals surface area contributed by atoms with Crippen molar-refractivity contribution in [3.63, 3.8) is 0 Å². The molecule has 0 aromatic heterocycles. The molecule has 0 saturated carbocycles. The highest BCUT2D eigenvalue weighted by Gasteiger charge is 2.09. The normalized spacial score (nSPS) is 10.7. The standard InChI is InChI=1S/C16H16BrN3O3/c1-2-23-14-8-10(7-12(17)15(14)21)9-19-20-16(22)11-5-3-4-6-13(11)18/h3-9,21H,2,18H2,1H3,(H,20,22)/b19-9+. The zero-order chi connectivity index (χ0) is 16.8. The molecule has 7 heteroatoms. The molecule has 0 radical (unpaired) electrons. The number of hydrazone groups is 1. The number of nitrogens with zero attached hydrogens (tertiary/aromatic N) is 1. The monoisotopic (exact) mass is 377 g/mol. The first-order valence-corrected chi connectivity index (χ1v) is 7.65. The molecule has 0 saturated heterocycles. The van der Waals surface area contributed by atoms with E-state index in [1.165, 1.54) is 6.21 Å². The van der Waals surface area contributed by atoms with Gasteiger partial charge in [0.25, 0.3) is 5.91 Å². The van der Waals surface area contributed by atoms with Gasteiger partial charge in [0.15, 0.2) is 11.5 Å². The van der Waals surface area contributed by atoms with Crippen LogP contribution in [-0.2, 0) is 0 Å². The third kappa shape index (κ3) is 4.23. The van der Waals surface area contributed by atoms with E-state index in [0.29, 0.717) is 33.6 Å². The number of halogens is 1. The highest BCUT2D eigenvalue weighted by Crippen LogP contribution is 2.35. The van der Waals surface area contributed by atoms with Crippen LogP contribution in [0.2, 0.25) is 0 Å². The van der Waals surface area contributed by atoms with Crippen LogP contribution in [0.3, 0.4) is 0 Å². The maximum atomic E-state index is 12.0. The Morgan fingerprint density at radius 1 is 1.43 bits per heavy atom. The van der Waals surface area contributed by atoms with Crippen LogP contribution >= 0.6 is 15.9 Å². The van der Waals surface area contributed by atoms with Crippen LogP contribution in [-0.4, -0.2) is 23.8 Å². The third-order valence-electron chi connectivity index (χ3n) is 2.94. The lowest BCUT2D eigenvalue weighted by Crippen LogP contribution is -2.19. The number of phenols is 1. The van der Waals surface area contributed by atoms with Crippen molar-refractivity contribution >= 4 is 33.7 Å². The molecule has 0 aliphatic carbocycles. The summed E-state index contributed by atoms with van der Waals surface area (Å²) in [5, 5.41) is 13.7. The van der Waals surface area contributed by atoms with E-state index in [1.807, 2.05) is 6.92 Å². The maximum absolute atomic E-state index is 12.0. The molecular formula is C16H16BrN3O3. The summed E-state index contributed by atoms with van der Waals surface area (Å²) in [4.78, 5) is 12.0. The van der Waals surface area contributed by atoms with Crippen molar-refractivity contribution in [2.45, 2.75) is 6.92 Å². The molecule has 0 fully saturated rings. The van der Waals surface area contributed by atoms with Crippen LogP contribution in [0, 0.1) is 0 Å². The number of hydrogen-bond acceptors (Lipinski definition) is 5. The highest BCUT2D eigenvalue weighted by molar-refractivity contribution is 9.10. The third-order valence-corrected chi connectivity index (χ3v) is 3.54. The summed E-state index contributed by atoms with van der Waals surface area (Å²) in [6, 6.07) is 10.0. The number of rotatable bonds is 5. The second-order valence-electron chi connectivity index (χ2n) is 4.57. The lowest BCUT2D eigenvalue weighted by atomic mass is 10.2. The number of carbonyl (C=O) groups excluding carboxylic acids is 1. The first kappa shape index (κ1) is 16.8. The Bertz CT molecular complexity index is 747. The number of nitrogens with two attached hydrogens (primary N) is 1. The van der Waals surface area contributed by atoms with Gasteiger partial charge in [0.05, 0.1) is 22.9 Å². The predicted octanol–water partition coefficient (Wildman–Crippen LogP) is 2.90. The van der Waals surface area contributed by atoms with Crippen LogP contribution < -0.4 is 15.9 Å². The molecule has 2 aromatic carbocycles. The average Bonchev–Trinajstić information content (AvgIpc) is 2.52. The molecule has 120 valence electrons. The molecule has 23 heavy (non-hydrogen) atoms. The Labute approximate surface area is 142 Å². The van der Waals surface area contributed by atoms with E-state index >= 15 is 0 Å². The van der Waals surface area contributed by atoms with Gasteiger partial charge in [0, 0.05) is 5.69 Å². The zero-order valence-electron chi connectivity index (χ0n) is 12.4. The van der Waals surface area contributed by atoms with Crippen LogP contribution in [0.15, 0.2) is 46.0 Å². The molecule has 0 aliphatic rings. The Morgan fingerprint density at radius 2 is 2.17 bits per heavy atom. The largest absolute Gasteiger partial charge is 0.503 e. The van der Waals surface area contributed by atoms with Gasteiger partial charge in [-0.3, -0.25) is 4.79 Å². The SMILES string of the molecule is CCOc1cc(/C=N/NC(=O)c2ccccc2N)cc(Br)c1O. The van der Waals surface area contributed by atoms with Gasteiger partial charge < -0.3 is 15.6 Å². The number of hydrogen-bond donors (Lipinski definition) is 3. The Balaban J connectivity index is 2.12. The first-order chi connectivity index (χ1) is 11.0. The molecular weight excluding hydrogens is 362 g/mol. The van der Waals surface area contributed by atoms with E-state index in [9.17, 15) is 9.90 Å². The predicted molar refractivity (Wildman–Crippen MR) is 92.9 cm³/mol. The number of amides is 1. The molecule has 0 heterocycles. The van der Waals surface area contributed by atoms with E-state index < -0.39 is 5.91 Å². The van der Waals surface area contributed by atoms with Crippen molar-refractivity contribution in [1.82, 2.24) is 5.43 Å². The van der Waals surface area contributed by atoms with Gasteiger partial charge in [-0.2, -0.15) is 5.10 Å². The Kier molecular flexibility index (Phi) is 5.59. The molecule has 0 unspecified atom stereocenters. The minimum atomic E-state index is -0.401. The van der Waals surface area contributed by atoms with E-state index in [1.54, 1.807) is 36.4 Å². The smallest absolute Gasteiger partial charge is 0.273 e. The highest BCUT2D eigenvalue weighted by atomic mass is 79.9. The second-order valence-corrected chi connectivity index (χ2v) is 5.42. The maximum Gasteiger partial charge on any atom is 0.273 e. The fourth-order valence-electron chi connectivity index (χ4n) is 1.86. The number of anilines is 1. The van der Waals surface area contributed by atoms with Gasteiger partial charge in [-0.1, -0.05) is 12.1 Å². The number of carbonyl (C=O) groups is 1. The molecule has 1 amide bonds. The molecule has 0 bridgehead atoms. The summed E-state index contributed by atoms with van der Waals surface area (Å²) in [5.74, 6) is -0.0470. The minimum Gasteiger partial charge on any atom is -0.503 e. The number of phenolic OH excluding ortho intramolecular Hbond substituents is 1. The second kappa shape index (κ2) is 7.64. The summed E-state index contributed by atoms with van der Waals surface area (Å²) < 4.78 is 5.80. The van der Waals surface area contributed by atoms with Crippen LogP contribution in [0.25, 0.3) is 0 Å². The number of nitrogens with one attached hydrogen (secondary N) is 1. The number of aromatic hydroxyl groups is 1. The molecule has 0 spiro atoms.